The van der Waals surface area contributed by atoms with Crippen LogP contribution in [-0.4, -0.2) is 17.8 Å². The highest BCUT2D eigenvalue weighted by molar-refractivity contribution is 6.31. The van der Waals surface area contributed by atoms with Gasteiger partial charge in [-0.25, -0.2) is 4.39 Å². The third-order valence-corrected chi connectivity index (χ3v) is 4.05. The lowest BCUT2D eigenvalue weighted by molar-refractivity contribution is 0.0695. The van der Waals surface area contributed by atoms with Crippen molar-refractivity contribution in [2.75, 3.05) is 6.54 Å². The van der Waals surface area contributed by atoms with Crippen LogP contribution in [0, 0.1) is 11.7 Å². The van der Waals surface area contributed by atoms with Gasteiger partial charge in [-0.05, 0) is 30.4 Å². The summed E-state index contributed by atoms with van der Waals surface area (Å²) >= 11 is 5.88. The molecule has 1 fully saturated rings. The van der Waals surface area contributed by atoms with E-state index >= 15 is 0 Å². The molecule has 0 aliphatic heterocycles. The Labute approximate surface area is 112 Å². The van der Waals surface area contributed by atoms with Crippen molar-refractivity contribution >= 4 is 11.6 Å². The Morgan fingerprint density at radius 1 is 1.33 bits per heavy atom. The molecule has 1 saturated carbocycles. The van der Waals surface area contributed by atoms with Gasteiger partial charge >= 0.3 is 0 Å². The maximum Gasteiger partial charge on any atom is 0.142 e. The van der Waals surface area contributed by atoms with Crippen LogP contribution < -0.4 is 5.32 Å². The van der Waals surface area contributed by atoms with Crippen LogP contribution in [0.1, 0.15) is 31.2 Å². The van der Waals surface area contributed by atoms with Gasteiger partial charge in [-0.15, -0.1) is 0 Å². The zero-order chi connectivity index (χ0) is 13.0. The first-order valence-corrected chi connectivity index (χ1v) is 6.88. The van der Waals surface area contributed by atoms with Crippen molar-refractivity contribution in [3.05, 3.63) is 34.6 Å². The summed E-state index contributed by atoms with van der Waals surface area (Å²) in [5.41, 5.74) is 0.766. The summed E-state index contributed by atoms with van der Waals surface area (Å²) in [7, 11) is 0. The van der Waals surface area contributed by atoms with Crippen LogP contribution in [0.25, 0.3) is 0 Å². The number of aliphatic hydroxyl groups is 1. The highest BCUT2D eigenvalue weighted by Gasteiger charge is 2.22. The van der Waals surface area contributed by atoms with Crippen LogP contribution in [0.5, 0.6) is 0 Å². The van der Waals surface area contributed by atoms with Gasteiger partial charge in [0.15, 0.2) is 0 Å². The van der Waals surface area contributed by atoms with Crippen molar-refractivity contribution < 1.29 is 9.50 Å². The molecule has 1 aliphatic carbocycles. The maximum absolute atomic E-state index is 13.2. The SMILES string of the molecule is OC1CCCCC1CNCc1cccc(F)c1Cl. The predicted molar refractivity (Wildman–Crippen MR) is 71.1 cm³/mol. The summed E-state index contributed by atoms with van der Waals surface area (Å²) in [6, 6.07) is 4.83. The van der Waals surface area contributed by atoms with E-state index in [1.807, 2.05) is 6.07 Å². The Kier molecular flexibility index (Phi) is 4.98. The van der Waals surface area contributed by atoms with E-state index in [9.17, 15) is 9.50 Å². The molecule has 2 nitrogen and oxygen atoms in total. The van der Waals surface area contributed by atoms with E-state index in [0.29, 0.717) is 12.5 Å². The first kappa shape index (κ1) is 13.8. The van der Waals surface area contributed by atoms with Crippen molar-refractivity contribution in [3.63, 3.8) is 0 Å². The fourth-order valence-corrected chi connectivity index (χ4v) is 2.70. The van der Waals surface area contributed by atoms with Gasteiger partial charge in [0.1, 0.15) is 5.82 Å². The summed E-state index contributed by atoms with van der Waals surface area (Å²) in [6.45, 7) is 1.30. The second-order valence-corrected chi connectivity index (χ2v) is 5.33. The van der Waals surface area contributed by atoms with Gasteiger partial charge in [0, 0.05) is 13.1 Å². The lowest BCUT2D eigenvalue weighted by Crippen LogP contribution is -2.33. The minimum atomic E-state index is -0.381. The van der Waals surface area contributed by atoms with Gasteiger partial charge < -0.3 is 10.4 Å². The van der Waals surface area contributed by atoms with Crippen molar-refractivity contribution in [2.24, 2.45) is 5.92 Å². The summed E-state index contributed by atoms with van der Waals surface area (Å²) in [5, 5.41) is 13.3. The van der Waals surface area contributed by atoms with E-state index in [-0.39, 0.29) is 16.9 Å². The predicted octanol–water partition coefficient (Wildman–Crippen LogP) is 3.12. The number of benzene rings is 1. The second-order valence-electron chi connectivity index (χ2n) is 4.96. The third-order valence-electron chi connectivity index (χ3n) is 3.62. The largest absolute Gasteiger partial charge is 0.393 e. The number of rotatable bonds is 4. The van der Waals surface area contributed by atoms with Crippen LogP contribution in [-0.2, 0) is 6.54 Å². The lowest BCUT2D eigenvalue weighted by Gasteiger charge is -2.27. The molecule has 18 heavy (non-hydrogen) atoms. The molecule has 0 heterocycles. The molecule has 1 aromatic carbocycles. The number of aliphatic hydroxyl groups excluding tert-OH is 1. The zero-order valence-corrected chi connectivity index (χ0v) is 11.1. The molecule has 0 radical (unpaired) electrons. The van der Waals surface area contributed by atoms with Crippen molar-refractivity contribution in [2.45, 2.75) is 38.3 Å². The number of nitrogens with one attached hydrogen (secondary N) is 1. The van der Waals surface area contributed by atoms with Gasteiger partial charge in [0.2, 0.25) is 0 Å². The first-order valence-electron chi connectivity index (χ1n) is 6.50. The molecule has 0 aromatic heterocycles. The van der Waals surface area contributed by atoms with Gasteiger partial charge in [0.05, 0.1) is 11.1 Å². The standard InChI is InChI=1S/C14H19ClFNO/c15-14-11(5-3-6-12(14)16)9-17-8-10-4-1-2-7-13(10)18/h3,5-6,10,13,17-18H,1-2,4,7-9H2. The maximum atomic E-state index is 13.2. The smallest absolute Gasteiger partial charge is 0.142 e. The van der Waals surface area contributed by atoms with Crippen LogP contribution in [0.4, 0.5) is 4.39 Å². The third kappa shape index (κ3) is 3.44. The average molecular weight is 272 g/mol. The molecule has 1 aromatic rings. The second kappa shape index (κ2) is 6.50. The van der Waals surface area contributed by atoms with E-state index < -0.39 is 0 Å². The van der Waals surface area contributed by atoms with E-state index in [2.05, 4.69) is 5.32 Å². The minimum Gasteiger partial charge on any atom is -0.393 e. The Balaban J connectivity index is 1.83. The molecule has 0 amide bonds. The summed E-state index contributed by atoms with van der Waals surface area (Å²) in [4.78, 5) is 0. The number of hydrogen-bond donors (Lipinski definition) is 2. The van der Waals surface area contributed by atoms with Gasteiger partial charge in [-0.2, -0.15) is 0 Å². The lowest BCUT2D eigenvalue weighted by atomic mass is 9.86. The molecule has 2 N–H and O–H groups in total. The number of halogens is 2. The fraction of sp³-hybridized carbons (Fsp3) is 0.571. The molecule has 0 spiro atoms. The molecular formula is C14H19ClFNO. The average Bonchev–Trinajstić information content (AvgIpc) is 2.37. The summed E-state index contributed by atoms with van der Waals surface area (Å²) in [5.74, 6) is -0.0697. The molecule has 2 rings (SSSR count). The summed E-state index contributed by atoms with van der Waals surface area (Å²) in [6.07, 6.45) is 4.06. The van der Waals surface area contributed by atoms with E-state index in [1.165, 1.54) is 12.5 Å². The van der Waals surface area contributed by atoms with Crippen LogP contribution in [0.2, 0.25) is 5.02 Å². The summed E-state index contributed by atoms with van der Waals surface area (Å²) < 4.78 is 13.2. The molecule has 4 heteroatoms. The quantitative estimate of drug-likeness (QED) is 0.882. The number of hydrogen-bond acceptors (Lipinski definition) is 2. The Morgan fingerprint density at radius 3 is 2.89 bits per heavy atom. The Morgan fingerprint density at radius 2 is 2.11 bits per heavy atom. The normalized spacial score (nSPS) is 24.2. The zero-order valence-electron chi connectivity index (χ0n) is 10.3. The molecule has 2 unspecified atom stereocenters. The minimum absolute atomic E-state index is 0.189. The van der Waals surface area contributed by atoms with Gasteiger partial charge in [0.25, 0.3) is 0 Å². The van der Waals surface area contributed by atoms with Crippen molar-refractivity contribution in [3.8, 4) is 0 Å². The van der Waals surface area contributed by atoms with Crippen LogP contribution in [0.3, 0.4) is 0 Å². The molecule has 0 saturated heterocycles. The fourth-order valence-electron chi connectivity index (χ4n) is 2.50. The van der Waals surface area contributed by atoms with Gasteiger partial charge in [-0.1, -0.05) is 36.6 Å². The Bertz CT molecular complexity index is 399. The molecule has 1 aliphatic rings. The van der Waals surface area contributed by atoms with Gasteiger partial charge in [-0.3, -0.25) is 0 Å². The highest BCUT2D eigenvalue weighted by Crippen LogP contribution is 2.24. The van der Waals surface area contributed by atoms with E-state index in [0.717, 1.165) is 31.4 Å². The molecule has 2 atom stereocenters. The molecular weight excluding hydrogens is 253 g/mol. The topological polar surface area (TPSA) is 32.3 Å². The Hall–Kier alpha value is -0.640. The highest BCUT2D eigenvalue weighted by atomic mass is 35.5. The van der Waals surface area contributed by atoms with Crippen molar-refractivity contribution in [1.29, 1.82) is 0 Å². The van der Waals surface area contributed by atoms with Crippen molar-refractivity contribution in [1.82, 2.24) is 5.32 Å². The van der Waals surface area contributed by atoms with Crippen LogP contribution >= 0.6 is 11.6 Å². The molecule has 0 bridgehead atoms. The van der Waals surface area contributed by atoms with E-state index in [1.54, 1.807) is 6.07 Å². The van der Waals surface area contributed by atoms with E-state index in [4.69, 9.17) is 11.6 Å². The monoisotopic (exact) mass is 271 g/mol. The van der Waals surface area contributed by atoms with Crippen LogP contribution in [0.15, 0.2) is 18.2 Å². The first-order chi connectivity index (χ1) is 8.68. The molecule has 100 valence electrons.